The van der Waals surface area contributed by atoms with Crippen LogP contribution in [0, 0.1) is 35.5 Å². The standard InChI is InChI=1S/C56H74N2O6S2/c1-7-19-37-33-39(21-9-3)55(40(34-37)22-10-4)65(61,62)57-49-29-17-15-25-43(49)45-31-32-46(52-51(45)53(59)47-27-13-14-28-48(47)54(52)60)44-26-16-18-30-50(44)58-66(63,64)56-41(23-11-5)35-38(20-8-2)36-42(56)24-12-6/h13-18,25-32,37-42,55-58H,7-12,19-24,33-36H2,1-6H3. The molecule has 66 heavy (non-hydrogen) atoms. The van der Waals surface area contributed by atoms with Crippen molar-refractivity contribution in [3.05, 3.63) is 107 Å². The van der Waals surface area contributed by atoms with Gasteiger partial charge in [0.15, 0.2) is 11.6 Å². The van der Waals surface area contributed by atoms with Crippen LogP contribution in [0.1, 0.15) is 176 Å². The Morgan fingerprint density at radius 1 is 0.394 bits per heavy atom. The second-order valence-corrected chi connectivity index (χ2v) is 23.6. The number of hydrogen-bond donors (Lipinski definition) is 2. The van der Waals surface area contributed by atoms with Crippen molar-refractivity contribution in [3.63, 3.8) is 0 Å². The Balaban J connectivity index is 1.33. The molecule has 4 aromatic carbocycles. The molecule has 0 radical (unpaired) electrons. The van der Waals surface area contributed by atoms with Gasteiger partial charge in [-0.05, 0) is 110 Å². The van der Waals surface area contributed by atoms with E-state index >= 15 is 0 Å². The molecular formula is C56H74N2O6S2. The van der Waals surface area contributed by atoms with Gasteiger partial charge < -0.3 is 0 Å². The third-order valence-corrected chi connectivity index (χ3v) is 19.1. The molecule has 10 heteroatoms. The van der Waals surface area contributed by atoms with E-state index in [9.17, 15) is 26.4 Å². The SMILES string of the molecule is CCCC1CC(CCC)C(S(=O)(=O)Nc2ccccc2-c2ccc(-c3ccccc3NS(=O)(=O)C3C(CCC)CC(CCC)CC3CCC)c3c2C(=O)c2ccccc2C3=O)C(CCC)C1. The number of rotatable bonds is 20. The minimum atomic E-state index is -3.91. The van der Waals surface area contributed by atoms with Gasteiger partial charge in [0.2, 0.25) is 20.0 Å². The minimum absolute atomic E-state index is 0.0351. The molecule has 0 heterocycles. The summed E-state index contributed by atoms with van der Waals surface area (Å²) < 4.78 is 65.8. The van der Waals surface area contributed by atoms with E-state index in [2.05, 4.69) is 51.0 Å². The number of fused-ring (bicyclic) bond motifs is 2. The second-order valence-electron chi connectivity index (χ2n) is 19.9. The van der Waals surface area contributed by atoms with Crippen molar-refractivity contribution in [3.8, 4) is 22.3 Å². The lowest BCUT2D eigenvalue weighted by Crippen LogP contribution is -2.45. The molecule has 356 valence electrons. The summed E-state index contributed by atoms with van der Waals surface area (Å²) >= 11 is 0. The maximum Gasteiger partial charge on any atom is 0.236 e. The molecular weight excluding hydrogens is 861 g/mol. The summed E-state index contributed by atoms with van der Waals surface area (Å²) in [5.74, 6) is 0.477. The van der Waals surface area contributed by atoms with Crippen LogP contribution in [0.3, 0.4) is 0 Å². The highest BCUT2D eigenvalue weighted by Gasteiger charge is 2.46. The number of para-hydroxylation sites is 2. The van der Waals surface area contributed by atoms with E-state index in [4.69, 9.17) is 0 Å². The number of carbonyl (C=O) groups excluding carboxylic acids is 2. The maximum atomic E-state index is 15.0. The maximum absolute atomic E-state index is 15.0. The summed E-state index contributed by atoms with van der Waals surface area (Å²) in [6.45, 7) is 12.9. The third-order valence-electron chi connectivity index (χ3n) is 15.2. The minimum Gasteiger partial charge on any atom is -0.289 e. The molecule has 4 unspecified atom stereocenters. The van der Waals surface area contributed by atoms with Gasteiger partial charge >= 0.3 is 0 Å². The molecule has 3 aliphatic rings. The zero-order valence-corrected chi connectivity index (χ0v) is 41.9. The highest BCUT2D eigenvalue weighted by molar-refractivity contribution is 7.93. The van der Waals surface area contributed by atoms with Crippen molar-refractivity contribution in [1.82, 2.24) is 0 Å². The van der Waals surface area contributed by atoms with Gasteiger partial charge in [-0.1, -0.05) is 166 Å². The molecule has 2 fully saturated rings. The van der Waals surface area contributed by atoms with Gasteiger partial charge in [-0.25, -0.2) is 16.8 Å². The second kappa shape index (κ2) is 21.8. The van der Waals surface area contributed by atoms with E-state index in [0.717, 1.165) is 103 Å². The van der Waals surface area contributed by atoms with Crippen LogP contribution in [0.15, 0.2) is 84.9 Å². The van der Waals surface area contributed by atoms with Gasteiger partial charge in [-0.2, -0.15) is 0 Å². The van der Waals surface area contributed by atoms with Crippen molar-refractivity contribution < 1.29 is 26.4 Å². The Morgan fingerprint density at radius 3 is 0.985 bits per heavy atom. The van der Waals surface area contributed by atoms with Crippen molar-refractivity contribution in [2.45, 2.75) is 155 Å². The van der Waals surface area contributed by atoms with Gasteiger partial charge in [0, 0.05) is 33.4 Å². The number of sulfonamides is 2. The zero-order valence-electron chi connectivity index (χ0n) is 40.3. The van der Waals surface area contributed by atoms with Gasteiger partial charge in [0.1, 0.15) is 0 Å². The summed E-state index contributed by atoms with van der Waals surface area (Å²) in [6.07, 6.45) is 15.0. The van der Waals surface area contributed by atoms with Crippen molar-refractivity contribution in [1.29, 1.82) is 0 Å². The fraction of sp³-hybridized carbons (Fsp3) is 0.536. The first-order valence-corrected chi connectivity index (χ1v) is 28.5. The molecule has 0 saturated heterocycles. The van der Waals surface area contributed by atoms with E-state index in [1.807, 2.05) is 24.3 Å². The smallest absolute Gasteiger partial charge is 0.236 e. The first-order chi connectivity index (χ1) is 31.8. The molecule has 2 saturated carbocycles. The first-order valence-electron chi connectivity index (χ1n) is 25.4. The Labute approximate surface area is 396 Å². The summed E-state index contributed by atoms with van der Waals surface area (Å²) in [5.41, 5.74) is 3.49. The van der Waals surface area contributed by atoms with Crippen LogP contribution in [-0.4, -0.2) is 38.9 Å². The molecule has 8 nitrogen and oxygen atoms in total. The summed E-state index contributed by atoms with van der Waals surface area (Å²) in [4.78, 5) is 29.9. The molecule has 7 rings (SSSR count). The highest BCUT2D eigenvalue weighted by atomic mass is 32.2. The molecule has 0 aliphatic heterocycles. The van der Waals surface area contributed by atoms with Gasteiger partial charge in [-0.3, -0.25) is 19.0 Å². The number of hydrogen-bond acceptors (Lipinski definition) is 6. The Morgan fingerprint density at radius 2 is 0.682 bits per heavy atom. The Bertz CT molecular complexity index is 2360. The monoisotopic (exact) mass is 934 g/mol. The predicted octanol–water partition coefficient (Wildman–Crippen LogP) is 14.1. The molecule has 2 N–H and O–H groups in total. The molecule has 0 aromatic heterocycles. The van der Waals surface area contributed by atoms with Crippen molar-refractivity contribution in [2.24, 2.45) is 35.5 Å². The van der Waals surface area contributed by atoms with Crippen molar-refractivity contribution in [2.75, 3.05) is 9.44 Å². The van der Waals surface area contributed by atoms with E-state index < -0.39 is 30.5 Å². The van der Waals surface area contributed by atoms with Crippen LogP contribution in [0.5, 0.6) is 0 Å². The fourth-order valence-corrected chi connectivity index (χ4v) is 17.1. The number of carbonyl (C=O) groups is 2. The third kappa shape index (κ3) is 10.3. The van der Waals surface area contributed by atoms with E-state index in [0.29, 0.717) is 45.5 Å². The highest BCUT2D eigenvalue weighted by Crippen LogP contribution is 2.48. The number of benzene rings is 4. The number of nitrogens with one attached hydrogen (secondary N) is 2. The van der Waals surface area contributed by atoms with Crippen LogP contribution in [0.25, 0.3) is 22.3 Å². The molecule has 3 aliphatic carbocycles. The van der Waals surface area contributed by atoms with Gasteiger partial charge in [-0.15, -0.1) is 0 Å². The predicted molar refractivity (Wildman–Crippen MR) is 272 cm³/mol. The number of ketones is 2. The molecule has 0 spiro atoms. The van der Waals surface area contributed by atoms with Crippen LogP contribution < -0.4 is 9.44 Å². The van der Waals surface area contributed by atoms with E-state index in [1.54, 1.807) is 60.7 Å². The molecule has 4 atom stereocenters. The van der Waals surface area contributed by atoms with Gasteiger partial charge in [0.05, 0.1) is 21.9 Å². The molecule has 0 amide bonds. The molecule has 4 aromatic rings. The lowest BCUT2D eigenvalue weighted by molar-refractivity contribution is 0.0980. The van der Waals surface area contributed by atoms with Crippen LogP contribution >= 0.6 is 0 Å². The quantitative estimate of drug-likeness (QED) is 0.0800. The topological polar surface area (TPSA) is 126 Å². The Hall–Kier alpha value is -4.28. The summed E-state index contributed by atoms with van der Waals surface area (Å²) in [5, 5.41) is -1.10. The fourth-order valence-electron chi connectivity index (χ4n) is 12.9. The van der Waals surface area contributed by atoms with E-state index in [-0.39, 0.29) is 57.5 Å². The summed E-state index contributed by atoms with van der Waals surface area (Å²) in [7, 11) is -7.83. The molecule has 0 bridgehead atoms. The van der Waals surface area contributed by atoms with Gasteiger partial charge in [0.25, 0.3) is 0 Å². The normalized spacial score (nSPS) is 24.4. The average molecular weight is 935 g/mol. The number of anilines is 2. The first kappa shape index (κ1) is 49.6. The largest absolute Gasteiger partial charge is 0.289 e. The average Bonchev–Trinajstić information content (AvgIpc) is 3.28. The van der Waals surface area contributed by atoms with Crippen molar-refractivity contribution >= 4 is 43.0 Å². The lowest BCUT2D eigenvalue weighted by atomic mass is 9.70. The van der Waals surface area contributed by atoms with Crippen LogP contribution in [-0.2, 0) is 20.0 Å². The van der Waals surface area contributed by atoms with Crippen LogP contribution in [0.4, 0.5) is 11.4 Å². The Kier molecular flexibility index (Phi) is 16.4. The van der Waals surface area contributed by atoms with E-state index in [1.165, 1.54) is 0 Å². The zero-order chi connectivity index (χ0) is 47.2. The van der Waals surface area contributed by atoms with Crippen LogP contribution in [0.2, 0.25) is 0 Å². The lowest BCUT2D eigenvalue weighted by Gasteiger charge is -2.42. The summed E-state index contributed by atoms with van der Waals surface area (Å²) in [6, 6.07) is 24.8.